The van der Waals surface area contributed by atoms with Crippen LogP contribution in [0.25, 0.3) is 0 Å². The van der Waals surface area contributed by atoms with Crippen molar-refractivity contribution in [3.8, 4) is 0 Å². The van der Waals surface area contributed by atoms with Crippen molar-refractivity contribution in [2.24, 2.45) is 0 Å². The Labute approximate surface area is 166 Å². The van der Waals surface area contributed by atoms with E-state index in [9.17, 15) is 19.2 Å². The molecule has 0 saturated heterocycles. The van der Waals surface area contributed by atoms with Gasteiger partial charge in [0.1, 0.15) is 0 Å². The lowest BCUT2D eigenvalue weighted by molar-refractivity contribution is -0.145. The molecule has 8 heteroatoms. The Balaban J connectivity index is 3.25. The molecule has 0 aliphatic carbocycles. The van der Waals surface area contributed by atoms with Crippen molar-refractivity contribution in [2.75, 3.05) is 13.2 Å². The average Bonchev–Trinajstić information content (AvgIpc) is 2.62. The van der Waals surface area contributed by atoms with Gasteiger partial charge in [-0.1, -0.05) is 38.5 Å². The van der Waals surface area contributed by atoms with Gasteiger partial charge in [0.2, 0.25) is 0 Å². The molecule has 0 saturated carbocycles. The summed E-state index contributed by atoms with van der Waals surface area (Å²) < 4.78 is 10.1. The molecule has 8 nitrogen and oxygen atoms in total. The second kappa shape index (κ2) is 18.3. The Kier molecular flexibility index (Phi) is 16.9. The van der Waals surface area contributed by atoms with Gasteiger partial charge in [-0.15, -0.1) is 0 Å². The van der Waals surface area contributed by atoms with E-state index in [1.54, 1.807) is 0 Å². The van der Waals surface area contributed by atoms with Crippen LogP contribution >= 0.6 is 0 Å². The number of carboxylic acids is 2. The summed E-state index contributed by atoms with van der Waals surface area (Å²) in [5.74, 6) is -2.46. The van der Waals surface area contributed by atoms with Crippen LogP contribution in [0.15, 0.2) is 0 Å². The lowest BCUT2D eigenvalue weighted by atomic mass is 10.1. The summed E-state index contributed by atoms with van der Waals surface area (Å²) in [6, 6.07) is 0. The average molecular weight is 402 g/mol. The maximum atomic E-state index is 11.3. The number of rotatable bonds is 19. The highest BCUT2D eigenvalue weighted by Crippen LogP contribution is 2.09. The van der Waals surface area contributed by atoms with E-state index in [1.165, 1.54) is 0 Å². The first kappa shape index (κ1) is 25.9. The molecule has 0 atom stereocenters. The van der Waals surface area contributed by atoms with Crippen LogP contribution in [0, 0.1) is 0 Å². The van der Waals surface area contributed by atoms with Crippen LogP contribution in [-0.2, 0) is 28.7 Å². The van der Waals surface area contributed by atoms with E-state index in [1.807, 2.05) is 0 Å². The SMILES string of the molecule is O=C(O)CCCC(=O)OCCCCCCCCCCOC(=O)CCCC(=O)O. The Hall–Kier alpha value is -2.12. The number of carbonyl (C=O) groups excluding carboxylic acids is 2. The summed E-state index contributed by atoms with van der Waals surface area (Å²) in [5, 5.41) is 17.0. The summed E-state index contributed by atoms with van der Waals surface area (Å²) in [4.78, 5) is 43.3. The van der Waals surface area contributed by atoms with Gasteiger partial charge in [0, 0.05) is 25.7 Å². The topological polar surface area (TPSA) is 127 Å². The fourth-order valence-corrected chi connectivity index (χ4v) is 2.55. The van der Waals surface area contributed by atoms with Gasteiger partial charge in [0.25, 0.3) is 0 Å². The Morgan fingerprint density at radius 3 is 1.11 bits per heavy atom. The molecule has 0 fully saturated rings. The second-order valence-electron chi connectivity index (χ2n) is 6.76. The van der Waals surface area contributed by atoms with Crippen LogP contribution in [0.3, 0.4) is 0 Å². The normalized spacial score (nSPS) is 10.4. The number of aliphatic carboxylic acids is 2. The van der Waals surface area contributed by atoms with E-state index < -0.39 is 11.9 Å². The Bertz CT molecular complexity index is 419. The third-order valence-electron chi connectivity index (χ3n) is 4.11. The summed E-state index contributed by atoms with van der Waals surface area (Å²) in [6.07, 6.45) is 8.95. The van der Waals surface area contributed by atoms with Gasteiger partial charge in [-0.3, -0.25) is 19.2 Å². The van der Waals surface area contributed by atoms with Gasteiger partial charge in [-0.05, 0) is 25.7 Å². The number of ether oxygens (including phenoxy) is 2. The highest BCUT2D eigenvalue weighted by atomic mass is 16.5. The monoisotopic (exact) mass is 402 g/mol. The van der Waals surface area contributed by atoms with Gasteiger partial charge in [0.15, 0.2) is 0 Å². The standard InChI is InChI=1S/C20H34O8/c21-17(22)11-9-13-19(25)27-15-7-5-3-1-2-4-6-8-16-28-20(26)14-10-12-18(23)24/h1-16H2,(H,21,22)(H,23,24). The Morgan fingerprint density at radius 1 is 0.464 bits per heavy atom. The molecule has 0 aromatic carbocycles. The van der Waals surface area contributed by atoms with E-state index in [2.05, 4.69) is 0 Å². The van der Waals surface area contributed by atoms with Crippen molar-refractivity contribution in [2.45, 2.75) is 89.9 Å². The molecule has 0 aromatic rings. The summed E-state index contributed by atoms with van der Waals surface area (Å²) in [5.41, 5.74) is 0. The minimum Gasteiger partial charge on any atom is -0.481 e. The highest BCUT2D eigenvalue weighted by molar-refractivity contribution is 5.72. The van der Waals surface area contributed by atoms with Gasteiger partial charge in [-0.25, -0.2) is 0 Å². The first-order valence-corrected chi connectivity index (χ1v) is 10.2. The minimum atomic E-state index is -0.901. The number of esters is 2. The molecule has 0 radical (unpaired) electrons. The highest BCUT2D eigenvalue weighted by Gasteiger charge is 2.05. The van der Waals surface area contributed by atoms with Gasteiger partial charge < -0.3 is 19.7 Å². The maximum absolute atomic E-state index is 11.3. The molecule has 0 amide bonds. The lowest BCUT2D eigenvalue weighted by Gasteiger charge is -2.05. The predicted molar refractivity (Wildman–Crippen MR) is 102 cm³/mol. The van der Waals surface area contributed by atoms with E-state index in [-0.39, 0.29) is 37.6 Å². The quantitative estimate of drug-likeness (QED) is 0.247. The largest absolute Gasteiger partial charge is 0.481 e. The molecule has 162 valence electrons. The first-order valence-electron chi connectivity index (χ1n) is 10.2. The van der Waals surface area contributed by atoms with E-state index in [0.29, 0.717) is 26.1 Å². The van der Waals surface area contributed by atoms with Crippen LogP contribution in [0.5, 0.6) is 0 Å². The van der Waals surface area contributed by atoms with Crippen molar-refractivity contribution < 1.29 is 38.9 Å². The van der Waals surface area contributed by atoms with Crippen LogP contribution in [0.1, 0.15) is 89.9 Å². The fourth-order valence-electron chi connectivity index (χ4n) is 2.55. The van der Waals surface area contributed by atoms with Crippen molar-refractivity contribution in [1.82, 2.24) is 0 Å². The zero-order valence-corrected chi connectivity index (χ0v) is 16.7. The van der Waals surface area contributed by atoms with Crippen molar-refractivity contribution in [3.05, 3.63) is 0 Å². The zero-order valence-electron chi connectivity index (χ0n) is 16.7. The number of hydrogen-bond acceptors (Lipinski definition) is 6. The second-order valence-corrected chi connectivity index (χ2v) is 6.76. The number of hydrogen-bond donors (Lipinski definition) is 2. The molecule has 0 unspecified atom stereocenters. The first-order chi connectivity index (χ1) is 13.4. The molecule has 0 bridgehead atoms. The molecule has 0 heterocycles. The van der Waals surface area contributed by atoms with E-state index in [0.717, 1.165) is 51.4 Å². The van der Waals surface area contributed by atoms with Gasteiger partial charge in [0.05, 0.1) is 13.2 Å². The third-order valence-corrected chi connectivity index (χ3v) is 4.11. The van der Waals surface area contributed by atoms with Crippen molar-refractivity contribution in [1.29, 1.82) is 0 Å². The third kappa shape index (κ3) is 20.2. The minimum absolute atomic E-state index is 0.00960. The van der Waals surface area contributed by atoms with Crippen molar-refractivity contribution in [3.63, 3.8) is 0 Å². The molecular formula is C20H34O8. The molecule has 0 aliphatic rings. The zero-order chi connectivity index (χ0) is 21.0. The fraction of sp³-hybridized carbons (Fsp3) is 0.800. The van der Waals surface area contributed by atoms with Crippen LogP contribution in [0.2, 0.25) is 0 Å². The number of carboxylic acid groups (broad SMARTS) is 2. The summed E-state index contributed by atoms with van der Waals surface area (Å²) in [7, 11) is 0. The smallest absolute Gasteiger partial charge is 0.305 e. The molecule has 0 aromatic heterocycles. The molecule has 28 heavy (non-hydrogen) atoms. The van der Waals surface area contributed by atoms with Crippen LogP contribution in [0.4, 0.5) is 0 Å². The molecule has 2 N–H and O–H groups in total. The number of carbonyl (C=O) groups is 4. The summed E-state index contributed by atoms with van der Waals surface area (Å²) in [6.45, 7) is 0.785. The van der Waals surface area contributed by atoms with Gasteiger partial charge >= 0.3 is 23.9 Å². The molecule has 0 spiro atoms. The Morgan fingerprint density at radius 2 is 0.786 bits per heavy atom. The molecular weight excluding hydrogens is 368 g/mol. The summed E-state index contributed by atoms with van der Waals surface area (Å²) >= 11 is 0. The van der Waals surface area contributed by atoms with E-state index >= 15 is 0 Å². The van der Waals surface area contributed by atoms with Crippen LogP contribution in [-0.4, -0.2) is 47.3 Å². The van der Waals surface area contributed by atoms with Crippen molar-refractivity contribution >= 4 is 23.9 Å². The maximum Gasteiger partial charge on any atom is 0.305 e. The van der Waals surface area contributed by atoms with E-state index in [4.69, 9.17) is 19.7 Å². The predicted octanol–water partition coefficient (Wildman–Crippen LogP) is 3.70. The van der Waals surface area contributed by atoms with Crippen LogP contribution < -0.4 is 0 Å². The molecule has 0 aliphatic heterocycles. The molecule has 0 rings (SSSR count). The number of unbranched alkanes of at least 4 members (excludes halogenated alkanes) is 7. The lowest BCUT2D eigenvalue weighted by Crippen LogP contribution is -2.07. The van der Waals surface area contributed by atoms with Gasteiger partial charge in [-0.2, -0.15) is 0 Å².